The molecule has 1 fully saturated rings. The van der Waals surface area contributed by atoms with E-state index >= 15 is 0 Å². The summed E-state index contributed by atoms with van der Waals surface area (Å²) in [5.41, 5.74) is 2.64. The molecule has 0 aliphatic carbocycles. The van der Waals surface area contributed by atoms with Crippen LogP contribution in [0, 0.1) is 12.8 Å². The molecule has 3 heterocycles. The van der Waals surface area contributed by atoms with Gasteiger partial charge in [0.1, 0.15) is 5.52 Å². The van der Waals surface area contributed by atoms with Crippen LogP contribution in [0.5, 0.6) is 0 Å². The molecule has 0 bridgehead atoms. The highest BCUT2D eigenvalue weighted by Crippen LogP contribution is 2.23. The molecule has 3 aromatic rings. The third-order valence-electron chi connectivity index (χ3n) is 3.90. The normalized spacial score (nSPS) is 15.0. The van der Waals surface area contributed by atoms with Crippen LogP contribution in [0.2, 0.25) is 0 Å². The van der Waals surface area contributed by atoms with Crippen molar-refractivity contribution < 1.29 is 4.42 Å². The molecule has 0 unspecified atom stereocenters. The van der Waals surface area contributed by atoms with Gasteiger partial charge in [-0.25, -0.2) is 0 Å². The number of oxazole rings is 1. The van der Waals surface area contributed by atoms with Crippen molar-refractivity contribution in [3.8, 4) is 0 Å². The summed E-state index contributed by atoms with van der Waals surface area (Å²) < 4.78 is 5.65. The van der Waals surface area contributed by atoms with Crippen molar-refractivity contribution in [2.45, 2.75) is 6.92 Å². The van der Waals surface area contributed by atoms with Gasteiger partial charge in [0.05, 0.1) is 5.69 Å². The Bertz CT molecular complexity index is 744. The highest BCUT2D eigenvalue weighted by molar-refractivity contribution is 5.74. The number of benzene rings is 1. The maximum atomic E-state index is 5.65. The number of aryl methyl sites for hydroxylation is 1. The number of aromatic nitrogens is 3. The molecule has 112 valence electrons. The fourth-order valence-electron chi connectivity index (χ4n) is 2.63. The summed E-state index contributed by atoms with van der Waals surface area (Å²) in [4.78, 5) is 6.64. The summed E-state index contributed by atoms with van der Waals surface area (Å²) in [6.45, 7) is 4.75. The van der Waals surface area contributed by atoms with Crippen LogP contribution in [0.4, 0.5) is 11.8 Å². The molecule has 6 heteroatoms. The van der Waals surface area contributed by atoms with Gasteiger partial charge in [0.15, 0.2) is 11.4 Å². The molecule has 1 aliphatic rings. The zero-order chi connectivity index (χ0) is 14.9. The van der Waals surface area contributed by atoms with Gasteiger partial charge in [-0.15, -0.1) is 5.10 Å². The summed E-state index contributed by atoms with van der Waals surface area (Å²) in [5, 5.41) is 11.6. The van der Waals surface area contributed by atoms with Crippen LogP contribution >= 0.6 is 0 Å². The quantitative estimate of drug-likeness (QED) is 0.797. The van der Waals surface area contributed by atoms with E-state index in [2.05, 4.69) is 25.4 Å². The van der Waals surface area contributed by atoms with Crippen molar-refractivity contribution in [1.29, 1.82) is 0 Å². The topological polar surface area (TPSA) is 67.1 Å². The molecule has 6 nitrogen and oxygen atoms in total. The maximum Gasteiger partial charge on any atom is 0.295 e. The molecule has 2 aromatic heterocycles. The fraction of sp³-hybridized carbons (Fsp3) is 0.312. The van der Waals surface area contributed by atoms with E-state index in [-0.39, 0.29) is 0 Å². The molecule has 1 saturated heterocycles. The Morgan fingerprint density at radius 3 is 2.82 bits per heavy atom. The van der Waals surface area contributed by atoms with Gasteiger partial charge in [-0.3, -0.25) is 0 Å². The van der Waals surface area contributed by atoms with Crippen LogP contribution in [0.3, 0.4) is 0 Å². The van der Waals surface area contributed by atoms with Crippen LogP contribution in [0.25, 0.3) is 11.1 Å². The van der Waals surface area contributed by atoms with Crippen LogP contribution in [0.1, 0.15) is 5.69 Å². The van der Waals surface area contributed by atoms with Gasteiger partial charge in [0.2, 0.25) is 0 Å². The lowest BCUT2D eigenvalue weighted by molar-refractivity contribution is 0.421. The highest BCUT2D eigenvalue weighted by atomic mass is 16.4. The standard InChI is InChI=1S/C16H17N5O/c1-11-6-7-15(20-19-11)21-9-12(10-21)8-17-16-18-13-4-2-3-5-14(13)22-16/h2-7,12H,8-10H2,1H3,(H,17,18). The van der Waals surface area contributed by atoms with Crippen LogP contribution in [-0.2, 0) is 0 Å². The largest absolute Gasteiger partial charge is 0.424 e. The van der Waals surface area contributed by atoms with E-state index in [0.717, 1.165) is 42.2 Å². The number of nitrogens with one attached hydrogen (secondary N) is 1. The first-order chi connectivity index (χ1) is 10.8. The Morgan fingerprint density at radius 1 is 1.18 bits per heavy atom. The summed E-state index contributed by atoms with van der Waals surface area (Å²) in [6, 6.07) is 12.4. The third-order valence-corrected chi connectivity index (χ3v) is 3.90. The number of hydrogen-bond donors (Lipinski definition) is 1. The van der Waals surface area contributed by atoms with Crippen molar-refractivity contribution in [3.05, 3.63) is 42.1 Å². The first-order valence-electron chi connectivity index (χ1n) is 7.43. The second kappa shape index (κ2) is 5.29. The number of fused-ring (bicyclic) bond motifs is 1. The van der Waals surface area contributed by atoms with Crippen molar-refractivity contribution >= 4 is 22.9 Å². The second-order valence-corrected chi connectivity index (χ2v) is 5.67. The minimum Gasteiger partial charge on any atom is -0.424 e. The first-order valence-corrected chi connectivity index (χ1v) is 7.43. The Balaban J connectivity index is 1.31. The highest BCUT2D eigenvalue weighted by Gasteiger charge is 2.28. The molecule has 22 heavy (non-hydrogen) atoms. The van der Waals surface area contributed by atoms with Gasteiger partial charge in [-0.05, 0) is 31.2 Å². The maximum absolute atomic E-state index is 5.65. The summed E-state index contributed by atoms with van der Waals surface area (Å²) in [6.07, 6.45) is 0. The molecule has 4 rings (SSSR count). The number of hydrogen-bond acceptors (Lipinski definition) is 6. The van der Waals surface area contributed by atoms with E-state index in [9.17, 15) is 0 Å². The molecule has 0 saturated carbocycles. The van der Waals surface area contributed by atoms with E-state index in [0.29, 0.717) is 11.9 Å². The van der Waals surface area contributed by atoms with Crippen molar-refractivity contribution in [1.82, 2.24) is 15.2 Å². The van der Waals surface area contributed by atoms with E-state index in [1.165, 1.54) is 0 Å². The van der Waals surface area contributed by atoms with Crippen LogP contribution < -0.4 is 10.2 Å². The fourth-order valence-corrected chi connectivity index (χ4v) is 2.63. The van der Waals surface area contributed by atoms with Gasteiger partial charge in [0, 0.05) is 25.6 Å². The molecule has 0 amide bonds. The van der Waals surface area contributed by atoms with Gasteiger partial charge in [-0.2, -0.15) is 10.1 Å². The van der Waals surface area contributed by atoms with Crippen LogP contribution in [-0.4, -0.2) is 34.8 Å². The molecular weight excluding hydrogens is 278 g/mol. The zero-order valence-electron chi connectivity index (χ0n) is 12.4. The van der Waals surface area contributed by atoms with Crippen molar-refractivity contribution in [3.63, 3.8) is 0 Å². The monoisotopic (exact) mass is 295 g/mol. The summed E-state index contributed by atoms with van der Waals surface area (Å²) in [5.74, 6) is 1.52. The van der Waals surface area contributed by atoms with Crippen molar-refractivity contribution in [2.24, 2.45) is 5.92 Å². The van der Waals surface area contributed by atoms with E-state index in [1.54, 1.807) is 0 Å². The Kier molecular flexibility index (Phi) is 3.14. The molecule has 0 radical (unpaired) electrons. The predicted molar refractivity (Wildman–Crippen MR) is 85.0 cm³/mol. The van der Waals surface area contributed by atoms with Gasteiger partial charge in [-0.1, -0.05) is 12.1 Å². The van der Waals surface area contributed by atoms with E-state index in [1.807, 2.05) is 43.3 Å². The molecule has 0 atom stereocenters. The van der Waals surface area contributed by atoms with Gasteiger partial charge < -0.3 is 14.6 Å². The Morgan fingerprint density at radius 2 is 2.05 bits per heavy atom. The smallest absolute Gasteiger partial charge is 0.295 e. The number of rotatable bonds is 4. The van der Waals surface area contributed by atoms with Crippen LogP contribution in [0.15, 0.2) is 40.8 Å². The van der Waals surface area contributed by atoms with E-state index in [4.69, 9.17) is 4.42 Å². The van der Waals surface area contributed by atoms with Crippen molar-refractivity contribution in [2.75, 3.05) is 29.9 Å². The first kappa shape index (κ1) is 13.1. The Labute approximate surface area is 128 Å². The minimum absolute atomic E-state index is 0.568. The number of nitrogens with zero attached hydrogens (tertiary/aromatic N) is 4. The molecular formula is C16H17N5O. The lowest BCUT2D eigenvalue weighted by Gasteiger charge is -2.39. The number of anilines is 2. The van der Waals surface area contributed by atoms with Gasteiger partial charge in [0.25, 0.3) is 6.01 Å². The lowest BCUT2D eigenvalue weighted by atomic mass is 10.0. The SMILES string of the molecule is Cc1ccc(N2CC(CNc3nc4ccccc4o3)C2)nn1. The third kappa shape index (κ3) is 2.47. The Hall–Kier alpha value is -2.63. The predicted octanol–water partition coefficient (Wildman–Crippen LogP) is 2.47. The molecule has 0 spiro atoms. The average Bonchev–Trinajstić information content (AvgIpc) is 2.90. The van der Waals surface area contributed by atoms with E-state index < -0.39 is 0 Å². The summed E-state index contributed by atoms with van der Waals surface area (Å²) >= 11 is 0. The molecule has 1 aliphatic heterocycles. The average molecular weight is 295 g/mol. The minimum atomic E-state index is 0.568. The summed E-state index contributed by atoms with van der Waals surface area (Å²) in [7, 11) is 0. The second-order valence-electron chi connectivity index (χ2n) is 5.67. The van der Waals surface area contributed by atoms with Gasteiger partial charge >= 0.3 is 0 Å². The zero-order valence-corrected chi connectivity index (χ0v) is 12.4. The number of para-hydroxylation sites is 2. The molecule has 1 aromatic carbocycles. The molecule has 1 N–H and O–H groups in total. The lowest BCUT2D eigenvalue weighted by Crippen LogP contribution is -2.50.